The summed E-state index contributed by atoms with van der Waals surface area (Å²) in [4.78, 5) is 3.98. The van der Waals surface area contributed by atoms with Crippen molar-refractivity contribution in [2.75, 3.05) is 5.73 Å². The fourth-order valence-corrected chi connectivity index (χ4v) is 2.42. The Labute approximate surface area is 115 Å². The van der Waals surface area contributed by atoms with Crippen molar-refractivity contribution in [3.8, 4) is 5.69 Å². The van der Waals surface area contributed by atoms with Crippen LogP contribution in [0.5, 0.6) is 0 Å². The summed E-state index contributed by atoms with van der Waals surface area (Å²) >= 11 is 3.33. The van der Waals surface area contributed by atoms with Crippen molar-refractivity contribution in [1.82, 2.24) is 9.55 Å². The standard InChI is InChI=1S/C13H8BrF2N3/c14-8-5-4-7(15)6-11(8)19-10-3-1-2-9(16)12(10)18-13(19)17/h1-6H,(H2,17,18). The number of benzene rings is 2. The van der Waals surface area contributed by atoms with Gasteiger partial charge >= 0.3 is 0 Å². The van der Waals surface area contributed by atoms with Crippen molar-refractivity contribution in [2.45, 2.75) is 0 Å². The highest BCUT2D eigenvalue weighted by atomic mass is 79.9. The molecule has 19 heavy (non-hydrogen) atoms. The van der Waals surface area contributed by atoms with Crippen LogP contribution in [0.4, 0.5) is 14.7 Å². The van der Waals surface area contributed by atoms with Crippen LogP contribution in [0.3, 0.4) is 0 Å². The molecule has 1 aromatic heterocycles. The Morgan fingerprint density at radius 3 is 2.74 bits per heavy atom. The van der Waals surface area contributed by atoms with E-state index in [-0.39, 0.29) is 11.5 Å². The molecule has 0 atom stereocenters. The molecule has 0 fully saturated rings. The van der Waals surface area contributed by atoms with E-state index in [1.165, 1.54) is 22.8 Å². The van der Waals surface area contributed by atoms with Gasteiger partial charge in [-0.1, -0.05) is 6.07 Å². The second-order valence-corrected chi connectivity index (χ2v) is 4.86. The summed E-state index contributed by atoms with van der Waals surface area (Å²) in [6.07, 6.45) is 0. The van der Waals surface area contributed by atoms with Crippen LogP contribution >= 0.6 is 15.9 Å². The van der Waals surface area contributed by atoms with Gasteiger partial charge in [0.1, 0.15) is 11.3 Å². The normalized spacial score (nSPS) is 11.1. The predicted molar refractivity (Wildman–Crippen MR) is 73.1 cm³/mol. The molecule has 3 aromatic rings. The molecule has 2 aromatic carbocycles. The first-order valence-corrected chi connectivity index (χ1v) is 6.25. The van der Waals surface area contributed by atoms with Crippen LogP contribution < -0.4 is 5.73 Å². The van der Waals surface area contributed by atoms with Gasteiger partial charge in [-0.2, -0.15) is 0 Å². The van der Waals surface area contributed by atoms with Crippen LogP contribution in [-0.4, -0.2) is 9.55 Å². The maximum absolute atomic E-state index is 13.7. The lowest BCUT2D eigenvalue weighted by atomic mass is 10.2. The molecule has 3 nitrogen and oxygen atoms in total. The highest BCUT2D eigenvalue weighted by Gasteiger charge is 2.15. The van der Waals surface area contributed by atoms with Gasteiger partial charge in [0.05, 0.1) is 11.2 Å². The summed E-state index contributed by atoms with van der Waals surface area (Å²) in [7, 11) is 0. The number of anilines is 1. The Morgan fingerprint density at radius 2 is 1.95 bits per heavy atom. The average molecular weight is 324 g/mol. The largest absolute Gasteiger partial charge is 0.369 e. The first kappa shape index (κ1) is 12.1. The molecule has 0 saturated carbocycles. The highest BCUT2D eigenvalue weighted by molar-refractivity contribution is 9.10. The number of hydrogen-bond acceptors (Lipinski definition) is 2. The van der Waals surface area contributed by atoms with E-state index >= 15 is 0 Å². The number of hydrogen-bond donors (Lipinski definition) is 1. The zero-order valence-corrected chi connectivity index (χ0v) is 11.2. The molecule has 0 aliphatic carbocycles. The predicted octanol–water partition coefficient (Wildman–Crippen LogP) is 3.65. The third kappa shape index (κ3) is 1.88. The van der Waals surface area contributed by atoms with Crippen molar-refractivity contribution in [1.29, 1.82) is 0 Å². The Kier molecular flexibility index (Phi) is 2.74. The van der Waals surface area contributed by atoms with Crippen molar-refractivity contribution in [3.63, 3.8) is 0 Å². The molecule has 0 radical (unpaired) electrons. The van der Waals surface area contributed by atoms with Gasteiger partial charge in [0.25, 0.3) is 0 Å². The Balaban J connectivity index is 2.39. The zero-order chi connectivity index (χ0) is 13.6. The van der Waals surface area contributed by atoms with Crippen molar-refractivity contribution in [2.24, 2.45) is 0 Å². The van der Waals surface area contributed by atoms with Crippen molar-refractivity contribution < 1.29 is 8.78 Å². The second-order valence-electron chi connectivity index (χ2n) is 4.01. The van der Waals surface area contributed by atoms with Gasteiger partial charge in [-0.3, -0.25) is 4.57 Å². The van der Waals surface area contributed by atoms with E-state index in [1.54, 1.807) is 18.2 Å². The summed E-state index contributed by atoms with van der Waals surface area (Å²) in [5, 5.41) is 0. The second kappa shape index (κ2) is 4.31. The summed E-state index contributed by atoms with van der Waals surface area (Å²) in [5.74, 6) is -0.766. The van der Waals surface area contributed by atoms with E-state index in [1.807, 2.05) is 0 Å². The van der Waals surface area contributed by atoms with E-state index < -0.39 is 11.6 Å². The number of halogens is 3. The highest BCUT2D eigenvalue weighted by Crippen LogP contribution is 2.29. The SMILES string of the molecule is Nc1nc2c(F)cccc2n1-c1cc(F)ccc1Br. The van der Waals surface area contributed by atoms with E-state index in [2.05, 4.69) is 20.9 Å². The van der Waals surface area contributed by atoms with Gasteiger partial charge < -0.3 is 5.73 Å². The third-order valence-electron chi connectivity index (χ3n) is 2.81. The molecule has 3 rings (SSSR count). The van der Waals surface area contributed by atoms with Crippen LogP contribution in [0.2, 0.25) is 0 Å². The first-order chi connectivity index (χ1) is 9.08. The molecule has 0 spiro atoms. The van der Waals surface area contributed by atoms with Gasteiger partial charge in [-0.25, -0.2) is 13.8 Å². The van der Waals surface area contributed by atoms with Crippen LogP contribution in [-0.2, 0) is 0 Å². The minimum Gasteiger partial charge on any atom is -0.369 e. The quantitative estimate of drug-likeness (QED) is 0.742. The first-order valence-electron chi connectivity index (χ1n) is 5.46. The number of nitrogens with zero attached hydrogens (tertiary/aromatic N) is 2. The molecule has 0 aliphatic heterocycles. The maximum atomic E-state index is 13.7. The third-order valence-corrected chi connectivity index (χ3v) is 3.48. The lowest BCUT2D eigenvalue weighted by Crippen LogP contribution is -2.01. The fourth-order valence-electron chi connectivity index (χ4n) is 1.99. The minimum absolute atomic E-state index is 0.103. The number of imidazole rings is 1. The molecule has 0 unspecified atom stereocenters. The average Bonchev–Trinajstić information content (AvgIpc) is 2.70. The van der Waals surface area contributed by atoms with Crippen molar-refractivity contribution in [3.05, 3.63) is 52.5 Å². The van der Waals surface area contributed by atoms with Gasteiger partial charge in [0, 0.05) is 4.47 Å². The van der Waals surface area contributed by atoms with E-state index in [4.69, 9.17) is 5.73 Å². The topological polar surface area (TPSA) is 43.8 Å². The number of fused-ring (bicyclic) bond motifs is 1. The number of rotatable bonds is 1. The number of nitrogens with two attached hydrogens (primary N) is 1. The van der Waals surface area contributed by atoms with Crippen LogP contribution in [0.25, 0.3) is 16.7 Å². The molecule has 0 amide bonds. The molecule has 0 aliphatic rings. The van der Waals surface area contributed by atoms with Gasteiger partial charge in [-0.15, -0.1) is 0 Å². The van der Waals surface area contributed by atoms with E-state index in [0.717, 1.165) is 0 Å². The molecule has 6 heteroatoms. The number of nitrogen functional groups attached to an aromatic ring is 1. The summed E-state index contributed by atoms with van der Waals surface area (Å²) in [6, 6.07) is 8.74. The van der Waals surface area contributed by atoms with Crippen LogP contribution in [0, 0.1) is 11.6 Å². The molecular weight excluding hydrogens is 316 g/mol. The molecular formula is C13H8BrF2N3. The zero-order valence-electron chi connectivity index (χ0n) is 9.57. The Hall–Kier alpha value is -1.95. The molecule has 1 heterocycles. The summed E-state index contributed by atoms with van der Waals surface area (Å²) in [6.45, 7) is 0. The van der Waals surface area contributed by atoms with Crippen LogP contribution in [0.1, 0.15) is 0 Å². The molecule has 96 valence electrons. The molecule has 0 saturated heterocycles. The Morgan fingerprint density at radius 1 is 1.16 bits per heavy atom. The fraction of sp³-hybridized carbons (Fsp3) is 0. The van der Waals surface area contributed by atoms with Crippen LogP contribution in [0.15, 0.2) is 40.9 Å². The number of para-hydroxylation sites is 1. The smallest absolute Gasteiger partial charge is 0.206 e. The van der Waals surface area contributed by atoms with Gasteiger partial charge in [0.2, 0.25) is 5.95 Å². The summed E-state index contributed by atoms with van der Waals surface area (Å²) in [5.41, 5.74) is 6.95. The molecule has 0 bridgehead atoms. The van der Waals surface area contributed by atoms with Crippen molar-refractivity contribution >= 4 is 32.9 Å². The maximum Gasteiger partial charge on any atom is 0.206 e. The monoisotopic (exact) mass is 323 g/mol. The van der Waals surface area contributed by atoms with E-state index in [9.17, 15) is 8.78 Å². The summed E-state index contributed by atoms with van der Waals surface area (Å²) < 4.78 is 29.2. The van der Waals surface area contributed by atoms with E-state index in [0.29, 0.717) is 15.7 Å². The van der Waals surface area contributed by atoms with Gasteiger partial charge in [-0.05, 0) is 46.3 Å². The Bertz CT molecular complexity index is 783. The van der Waals surface area contributed by atoms with Gasteiger partial charge in [0.15, 0.2) is 5.82 Å². The minimum atomic E-state index is -0.463. The lowest BCUT2D eigenvalue weighted by Gasteiger charge is -2.09. The molecule has 2 N–H and O–H groups in total. The number of aromatic nitrogens is 2. The lowest BCUT2D eigenvalue weighted by molar-refractivity contribution is 0.626.